The zero-order valence-corrected chi connectivity index (χ0v) is 11.4. The average Bonchev–Trinajstić information content (AvgIpc) is 2.94. The third kappa shape index (κ3) is 1.84. The van der Waals surface area contributed by atoms with Crippen LogP contribution in [0.25, 0.3) is 6.08 Å². The van der Waals surface area contributed by atoms with Crippen molar-refractivity contribution < 1.29 is 14.3 Å². The summed E-state index contributed by atoms with van der Waals surface area (Å²) in [5.74, 6) is 1.31. The van der Waals surface area contributed by atoms with Crippen molar-refractivity contribution in [1.82, 2.24) is 9.80 Å². The zero-order chi connectivity index (χ0) is 13.6. The molecule has 0 radical (unpaired) electrons. The minimum atomic E-state index is -0.106. The highest BCUT2D eigenvalue weighted by molar-refractivity contribution is 7.80. The Kier molecular flexibility index (Phi) is 2.67. The lowest BCUT2D eigenvalue weighted by Gasteiger charge is -2.11. The van der Waals surface area contributed by atoms with E-state index in [2.05, 4.69) is 0 Å². The van der Waals surface area contributed by atoms with E-state index in [1.807, 2.05) is 18.2 Å². The van der Waals surface area contributed by atoms with E-state index in [4.69, 9.17) is 21.7 Å². The summed E-state index contributed by atoms with van der Waals surface area (Å²) in [6, 6.07) is 5.55. The first-order valence-corrected chi connectivity index (χ1v) is 6.16. The summed E-state index contributed by atoms with van der Waals surface area (Å²) in [4.78, 5) is 15.2. The zero-order valence-electron chi connectivity index (χ0n) is 10.5. The average molecular weight is 276 g/mol. The maximum atomic E-state index is 12.0. The van der Waals surface area contributed by atoms with Gasteiger partial charge >= 0.3 is 0 Å². The first-order chi connectivity index (χ1) is 9.08. The molecule has 1 fully saturated rings. The highest BCUT2D eigenvalue weighted by atomic mass is 32.1. The lowest BCUT2D eigenvalue weighted by Crippen LogP contribution is -2.26. The Morgan fingerprint density at radius 2 is 1.95 bits per heavy atom. The first kappa shape index (κ1) is 12.0. The normalized spacial score (nSPS) is 19.8. The van der Waals surface area contributed by atoms with Crippen molar-refractivity contribution in [3.63, 3.8) is 0 Å². The predicted molar refractivity (Wildman–Crippen MR) is 73.7 cm³/mol. The maximum Gasteiger partial charge on any atom is 0.276 e. The summed E-state index contributed by atoms with van der Waals surface area (Å²) in [7, 11) is 3.45. The Hall–Kier alpha value is -2.08. The van der Waals surface area contributed by atoms with E-state index < -0.39 is 0 Å². The molecule has 5 nitrogen and oxygen atoms in total. The number of thiocarbonyl (C=S) groups is 1. The lowest BCUT2D eigenvalue weighted by atomic mass is 10.1. The molecule has 0 N–H and O–H groups in total. The fraction of sp³-hybridized carbons (Fsp3) is 0.231. The highest BCUT2D eigenvalue weighted by Gasteiger charge is 2.32. The van der Waals surface area contributed by atoms with Gasteiger partial charge in [-0.3, -0.25) is 9.69 Å². The van der Waals surface area contributed by atoms with Gasteiger partial charge in [-0.25, -0.2) is 0 Å². The Labute approximate surface area is 116 Å². The van der Waals surface area contributed by atoms with E-state index in [0.717, 1.165) is 11.3 Å². The molecule has 0 saturated carbocycles. The number of amides is 1. The largest absolute Gasteiger partial charge is 0.454 e. The van der Waals surface area contributed by atoms with Gasteiger partial charge in [-0.1, -0.05) is 6.07 Å². The van der Waals surface area contributed by atoms with Gasteiger partial charge in [0.05, 0.1) is 0 Å². The van der Waals surface area contributed by atoms with Gasteiger partial charge in [-0.15, -0.1) is 0 Å². The molecule has 0 aromatic heterocycles. The monoisotopic (exact) mass is 276 g/mol. The fourth-order valence-corrected chi connectivity index (χ4v) is 2.23. The standard InChI is InChI=1S/C13H12N2O3S/c1-14-9(12(16)15(2)13(14)19)5-8-3-4-10-11(6-8)18-7-17-10/h3-6H,7H2,1-2H3. The van der Waals surface area contributed by atoms with Crippen molar-refractivity contribution in [3.05, 3.63) is 29.5 Å². The van der Waals surface area contributed by atoms with Crippen molar-refractivity contribution in [2.45, 2.75) is 0 Å². The highest BCUT2D eigenvalue weighted by Crippen LogP contribution is 2.33. The van der Waals surface area contributed by atoms with Crippen LogP contribution in [-0.2, 0) is 4.79 Å². The van der Waals surface area contributed by atoms with Crippen LogP contribution < -0.4 is 9.47 Å². The molecule has 6 heteroatoms. The minimum Gasteiger partial charge on any atom is -0.454 e. The number of nitrogens with zero attached hydrogens (tertiary/aromatic N) is 2. The van der Waals surface area contributed by atoms with E-state index >= 15 is 0 Å². The molecule has 1 saturated heterocycles. The number of rotatable bonds is 1. The third-order valence-electron chi connectivity index (χ3n) is 3.16. The molecule has 98 valence electrons. The molecule has 19 heavy (non-hydrogen) atoms. The van der Waals surface area contributed by atoms with Crippen LogP contribution in [0.2, 0.25) is 0 Å². The van der Waals surface area contributed by atoms with E-state index in [-0.39, 0.29) is 12.7 Å². The van der Waals surface area contributed by atoms with Crippen molar-refractivity contribution in [2.24, 2.45) is 0 Å². The molecule has 0 aliphatic carbocycles. The van der Waals surface area contributed by atoms with Crippen molar-refractivity contribution in [3.8, 4) is 11.5 Å². The molecular formula is C13H12N2O3S. The van der Waals surface area contributed by atoms with Gasteiger partial charge in [0.2, 0.25) is 6.79 Å². The van der Waals surface area contributed by atoms with E-state index in [9.17, 15) is 4.79 Å². The molecule has 2 aliphatic heterocycles. The molecule has 2 heterocycles. The quantitative estimate of drug-likeness (QED) is 0.573. The van der Waals surface area contributed by atoms with Gasteiger partial charge in [0.25, 0.3) is 5.91 Å². The number of fused-ring (bicyclic) bond motifs is 1. The molecule has 0 spiro atoms. The summed E-state index contributed by atoms with van der Waals surface area (Å²) >= 11 is 5.16. The molecule has 1 aromatic rings. The summed E-state index contributed by atoms with van der Waals surface area (Å²) in [6.45, 7) is 0.237. The number of carbonyl (C=O) groups excluding carboxylic acids is 1. The number of hydrogen-bond donors (Lipinski definition) is 0. The smallest absolute Gasteiger partial charge is 0.276 e. The van der Waals surface area contributed by atoms with Crippen LogP contribution in [0.5, 0.6) is 11.5 Å². The molecule has 0 unspecified atom stereocenters. The van der Waals surface area contributed by atoms with Crippen molar-refractivity contribution >= 4 is 29.3 Å². The number of hydrogen-bond acceptors (Lipinski definition) is 4. The number of carbonyl (C=O) groups is 1. The Morgan fingerprint density at radius 1 is 1.21 bits per heavy atom. The predicted octanol–water partition coefficient (Wildman–Crippen LogP) is 1.44. The molecule has 0 bridgehead atoms. The third-order valence-corrected chi connectivity index (χ3v) is 3.71. The summed E-state index contributed by atoms with van der Waals surface area (Å²) < 4.78 is 10.6. The van der Waals surface area contributed by atoms with Crippen LogP contribution in [0.4, 0.5) is 0 Å². The van der Waals surface area contributed by atoms with Crippen LogP contribution in [0.3, 0.4) is 0 Å². The van der Waals surface area contributed by atoms with Crippen LogP contribution in [0, 0.1) is 0 Å². The number of benzene rings is 1. The molecule has 0 atom stereocenters. The molecular weight excluding hydrogens is 264 g/mol. The van der Waals surface area contributed by atoms with E-state index in [1.54, 1.807) is 25.1 Å². The van der Waals surface area contributed by atoms with E-state index in [1.165, 1.54) is 4.90 Å². The lowest BCUT2D eigenvalue weighted by molar-refractivity contribution is -0.121. The SMILES string of the molecule is CN1C(=O)C(=Cc2ccc3c(c2)OCO3)N(C)C1=S. The minimum absolute atomic E-state index is 0.106. The van der Waals surface area contributed by atoms with Crippen LogP contribution in [0.1, 0.15) is 5.56 Å². The van der Waals surface area contributed by atoms with Gasteiger partial charge in [0, 0.05) is 14.1 Å². The van der Waals surface area contributed by atoms with Crippen molar-refractivity contribution in [1.29, 1.82) is 0 Å². The second-order valence-corrected chi connectivity index (χ2v) is 4.71. The van der Waals surface area contributed by atoms with Gasteiger partial charge in [0.15, 0.2) is 16.6 Å². The van der Waals surface area contributed by atoms with E-state index in [0.29, 0.717) is 16.6 Å². The second kappa shape index (κ2) is 4.24. The van der Waals surface area contributed by atoms with Crippen molar-refractivity contribution in [2.75, 3.05) is 20.9 Å². The molecule has 2 aliphatic rings. The number of likely N-dealkylation sites (N-methyl/N-ethyl adjacent to an activating group) is 2. The van der Waals surface area contributed by atoms with Crippen LogP contribution in [0.15, 0.2) is 23.9 Å². The Balaban J connectivity index is 1.98. The summed E-state index contributed by atoms with van der Waals surface area (Å²) in [5, 5.41) is 0.497. The Bertz CT molecular complexity index is 612. The topological polar surface area (TPSA) is 42.0 Å². The maximum absolute atomic E-state index is 12.0. The molecule has 3 rings (SSSR count). The molecule has 1 amide bonds. The Morgan fingerprint density at radius 3 is 2.63 bits per heavy atom. The molecule has 1 aromatic carbocycles. The van der Waals surface area contributed by atoms with Gasteiger partial charge in [-0.2, -0.15) is 0 Å². The number of ether oxygens (including phenoxy) is 2. The summed E-state index contributed by atoms with van der Waals surface area (Å²) in [6.07, 6.45) is 1.79. The van der Waals surface area contributed by atoms with Crippen LogP contribution in [-0.4, -0.2) is 41.7 Å². The van der Waals surface area contributed by atoms with Crippen LogP contribution >= 0.6 is 12.2 Å². The fourth-order valence-electron chi connectivity index (χ4n) is 2.05. The van der Waals surface area contributed by atoms with Gasteiger partial charge in [0.1, 0.15) is 5.70 Å². The first-order valence-electron chi connectivity index (χ1n) is 5.75. The summed E-state index contributed by atoms with van der Waals surface area (Å²) in [5.41, 5.74) is 1.42. The van der Waals surface area contributed by atoms with Gasteiger partial charge in [-0.05, 0) is 36.0 Å². The second-order valence-electron chi connectivity index (χ2n) is 4.35. The van der Waals surface area contributed by atoms with Gasteiger partial charge < -0.3 is 14.4 Å².